The molecule has 5 nitrogen and oxygen atoms in total. The number of thiazole rings is 1. The molecule has 1 atom stereocenters. The summed E-state index contributed by atoms with van der Waals surface area (Å²) in [7, 11) is 0. The second-order valence-electron chi connectivity index (χ2n) is 4.88. The number of rotatable bonds is 5. The van der Waals surface area contributed by atoms with Crippen molar-refractivity contribution in [2.75, 3.05) is 31.1 Å². The molecule has 2 heterocycles. The van der Waals surface area contributed by atoms with Crippen molar-refractivity contribution >= 4 is 22.4 Å². The molecule has 2 N–H and O–H groups in total. The van der Waals surface area contributed by atoms with Gasteiger partial charge < -0.3 is 15.5 Å². The molecule has 19 heavy (non-hydrogen) atoms. The lowest BCUT2D eigenvalue weighted by molar-refractivity contribution is -0.133. The van der Waals surface area contributed by atoms with Crippen molar-refractivity contribution in [3.8, 4) is 0 Å². The Kier molecular flexibility index (Phi) is 5.15. The maximum absolute atomic E-state index is 12.2. The number of piperazine rings is 1. The van der Waals surface area contributed by atoms with Gasteiger partial charge in [0.2, 0.25) is 5.91 Å². The summed E-state index contributed by atoms with van der Waals surface area (Å²) in [4.78, 5) is 20.6. The Balaban J connectivity index is 1.81. The van der Waals surface area contributed by atoms with Crippen LogP contribution < -0.4 is 10.6 Å². The first kappa shape index (κ1) is 14.3. The number of carbonyl (C=O) groups excluding carboxylic acids is 1. The van der Waals surface area contributed by atoms with E-state index < -0.39 is 0 Å². The summed E-state index contributed by atoms with van der Waals surface area (Å²) in [6.45, 7) is 5.31. The topological polar surface area (TPSA) is 62.5 Å². The average molecular weight is 282 g/mol. The fourth-order valence-electron chi connectivity index (χ4n) is 2.27. The highest BCUT2D eigenvalue weighted by molar-refractivity contribution is 7.13. The van der Waals surface area contributed by atoms with Gasteiger partial charge in [0, 0.05) is 37.8 Å². The van der Waals surface area contributed by atoms with Gasteiger partial charge in [0.15, 0.2) is 5.13 Å². The highest BCUT2D eigenvalue weighted by Gasteiger charge is 2.25. The van der Waals surface area contributed by atoms with E-state index in [1.807, 2.05) is 16.5 Å². The van der Waals surface area contributed by atoms with Crippen LogP contribution in [-0.4, -0.2) is 48.0 Å². The van der Waals surface area contributed by atoms with E-state index in [0.717, 1.165) is 50.6 Å². The van der Waals surface area contributed by atoms with Gasteiger partial charge in [-0.2, -0.15) is 0 Å². The Labute approximate surface area is 118 Å². The molecule has 1 unspecified atom stereocenters. The van der Waals surface area contributed by atoms with Crippen LogP contribution in [0.15, 0.2) is 11.6 Å². The third-order valence-corrected chi connectivity index (χ3v) is 4.30. The van der Waals surface area contributed by atoms with Crippen LogP contribution in [0.4, 0.5) is 5.13 Å². The van der Waals surface area contributed by atoms with Gasteiger partial charge in [-0.3, -0.25) is 4.79 Å². The summed E-state index contributed by atoms with van der Waals surface area (Å²) in [6, 6.07) is -0.327. The Morgan fingerprint density at radius 3 is 2.79 bits per heavy atom. The van der Waals surface area contributed by atoms with E-state index in [1.165, 1.54) is 0 Å². The largest absolute Gasteiger partial charge is 0.345 e. The van der Waals surface area contributed by atoms with Gasteiger partial charge in [-0.25, -0.2) is 4.98 Å². The first-order chi connectivity index (χ1) is 9.22. The molecule has 0 aromatic carbocycles. The molecule has 1 fully saturated rings. The number of unbranched alkanes of at least 4 members (excludes halogenated alkanes) is 1. The van der Waals surface area contributed by atoms with E-state index in [-0.39, 0.29) is 11.9 Å². The summed E-state index contributed by atoms with van der Waals surface area (Å²) in [5.74, 6) is 0.104. The average Bonchev–Trinajstić information content (AvgIpc) is 2.98. The highest BCUT2D eigenvalue weighted by atomic mass is 32.1. The van der Waals surface area contributed by atoms with E-state index in [0.29, 0.717) is 0 Å². The molecule has 0 bridgehead atoms. The minimum absolute atomic E-state index is 0.104. The molecule has 1 aromatic heterocycles. The van der Waals surface area contributed by atoms with Gasteiger partial charge in [-0.05, 0) is 6.42 Å². The number of hydrogen-bond donors (Lipinski definition) is 1. The van der Waals surface area contributed by atoms with Crippen molar-refractivity contribution in [1.29, 1.82) is 0 Å². The lowest BCUT2D eigenvalue weighted by Crippen LogP contribution is -2.53. The quantitative estimate of drug-likeness (QED) is 0.884. The highest BCUT2D eigenvalue weighted by Crippen LogP contribution is 2.19. The first-order valence-electron chi connectivity index (χ1n) is 6.91. The number of nitrogens with two attached hydrogens (primary N) is 1. The van der Waals surface area contributed by atoms with Crippen LogP contribution in [0, 0.1) is 0 Å². The second-order valence-corrected chi connectivity index (χ2v) is 5.75. The van der Waals surface area contributed by atoms with E-state index >= 15 is 0 Å². The molecule has 0 aliphatic carbocycles. The summed E-state index contributed by atoms with van der Waals surface area (Å²) in [5, 5.41) is 3.02. The lowest BCUT2D eigenvalue weighted by atomic mass is 10.1. The van der Waals surface area contributed by atoms with Crippen LogP contribution in [0.25, 0.3) is 0 Å². The summed E-state index contributed by atoms with van der Waals surface area (Å²) >= 11 is 1.64. The van der Waals surface area contributed by atoms with Gasteiger partial charge in [-0.1, -0.05) is 19.8 Å². The number of hydrogen-bond acceptors (Lipinski definition) is 5. The van der Waals surface area contributed by atoms with E-state index in [4.69, 9.17) is 5.73 Å². The Morgan fingerprint density at radius 1 is 1.47 bits per heavy atom. The second kappa shape index (κ2) is 6.86. The number of aromatic nitrogens is 1. The molecule has 1 saturated heterocycles. The van der Waals surface area contributed by atoms with Crippen molar-refractivity contribution in [3.05, 3.63) is 11.6 Å². The predicted molar refractivity (Wildman–Crippen MR) is 78.4 cm³/mol. The fourth-order valence-corrected chi connectivity index (χ4v) is 2.97. The van der Waals surface area contributed by atoms with Crippen molar-refractivity contribution in [1.82, 2.24) is 9.88 Å². The van der Waals surface area contributed by atoms with Gasteiger partial charge in [0.1, 0.15) is 0 Å². The Morgan fingerprint density at radius 2 is 2.21 bits per heavy atom. The number of amides is 1. The van der Waals surface area contributed by atoms with E-state index in [9.17, 15) is 4.79 Å². The zero-order chi connectivity index (χ0) is 13.7. The normalized spacial score (nSPS) is 17.6. The molecule has 1 aromatic rings. The minimum Gasteiger partial charge on any atom is -0.345 e. The smallest absolute Gasteiger partial charge is 0.239 e. The maximum atomic E-state index is 12.2. The van der Waals surface area contributed by atoms with Gasteiger partial charge in [0.25, 0.3) is 0 Å². The number of nitrogens with zero attached hydrogens (tertiary/aromatic N) is 3. The lowest BCUT2D eigenvalue weighted by Gasteiger charge is -2.35. The Hall–Kier alpha value is -1.14. The van der Waals surface area contributed by atoms with Crippen molar-refractivity contribution in [2.45, 2.75) is 32.2 Å². The van der Waals surface area contributed by atoms with Gasteiger partial charge in [0.05, 0.1) is 6.04 Å². The van der Waals surface area contributed by atoms with Crippen molar-refractivity contribution in [3.63, 3.8) is 0 Å². The van der Waals surface area contributed by atoms with Gasteiger partial charge >= 0.3 is 0 Å². The molecule has 0 spiro atoms. The summed E-state index contributed by atoms with van der Waals surface area (Å²) < 4.78 is 0. The van der Waals surface area contributed by atoms with Gasteiger partial charge in [-0.15, -0.1) is 11.3 Å². The molecule has 2 rings (SSSR count). The molecule has 1 amide bonds. The molecule has 1 aliphatic rings. The van der Waals surface area contributed by atoms with E-state index in [2.05, 4.69) is 16.8 Å². The van der Waals surface area contributed by atoms with Crippen LogP contribution in [0.5, 0.6) is 0 Å². The molecule has 0 saturated carbocycles. The van der Waals surface area contributed by atoms with Crippen molar-refractivity contribution in [2.24, 2.45) is 5.73 Å². The van der Waals surface area contributed by atoms with Crippen LogP contribution in [0.3, 0.4) is 0 Å². The van der Waals surface area contributed by atoms with Crippen LogP contribution in [0.2, 0.25) is 0 Å². The third-order valence-electron chi connectivity index (χ3n) is 3.47. The summed E-state index contributed by atoms with van der Waals surface area (Å²) in [5.41, 5.74) is 5.95. The van der Waals surface area contributed by atoms with E-state index in [1.54, 1.807) is 11.3 Å². The number of anilines is 1. The predicted octanol–water partition coefficient (Wildman–Crippen LogP) is 1.31. The molecular formula is C13H22N4OS. The van der Waals surface area contributed by atoms with Crippen LogP contribution >= 0.6 is 11.3 Å². The fraction of sp³-hybridized carbons (Fsp3) is 0.692. The molecule has 106 valence electrons. The zero-order valence-corrected chi connectivity index (χ0v) is 12.2. The minimum atomic E-state index is -0.327. The third kappa shape index (κ3) is 3.67. The number of carbonyl (C=O) groups is 1. The van der Waals surface area contributed by atoms with Crippen molar-refractivity contribution < 1.29 is 4.79 Å². The first-order valence-corrected chi connectivity index (χ1v) is 7.79. The maximum Gasteiger partial charge on any atom is 0.239 e. The van der Waals surface area contributed by atoms with Crippen LogP contribution in [-0.2, 0) is 4.79 Å². The molecule has 6 heteroatoms. The molecule has 0 radical (unpaired) electrons. The van der Waals surface area contributed by atoms with Crippen LogP contribution in [0.1, 0.15) is 26.2 Å². The summed E-state index contributed by atoms with van der Waals surface area (Å²) in [6.07, 6.45) is 4.71. The molecular weight excluding hydrogens is 260 g/mol. The Bertz CT molecular complexity index is 387. The zero-order valence-electron chi connectivity index (χ0n) is 11.4. The standard InChI is InChI=1S/C13H22N4OS/c1-2-3-4-11(14)12(18)16-6-8-17(9-7-16)13-15-5-10-19-13/h5,10-11H,2-4,6-9,14H2,1H3. The monoisotopic (exact) mass is 282 g/mol. The SMILES string of the molecule is CCCCC(N)C(=O)N1CCN(c2nccs2)CC1. The molecule has 1 aliphatic heterocycles.